The fourth-order valence-electron chi connectivity index (χ4n) is 1.33. The van der Waals surface area contributed by atoms with E-state index in [1.165, 1.54) is 6.07 Å². The monoisotopic (exact) mass is 220 g/mol. The molecular weight excluding hydrogens is 208 g/mol. The molecule has 0 spiro atoms. The minimum atomic E-state index is -1.04. The zero-order valence-corrected chi connectivity index (χ0v) is 8.84. The van der Waals surface area contributed by atoms with Crippen molar-refractivity contribution >= 4 is 11.9 Å². The Labute approximate surface area is 93.2 Å². The highest BCUT2D eigenvalue weighted by Gasteiger charge is 2.16. The van der Waals surface area contributed by atoms with Crippen molar-refractivity contribution in [1.29, 1.82) is 0 Å². The standard InChI is InChI=1S/C12H12O4/c1-3-11(13)16-8(2)9-6-4-5-7-10(9)12(14)15/h3-8H,1H2,2H3,(H,14,15). The normalized spacial score (nSPS) is 11.6. The highest BCUT2D eigenvalue weighted by Crippen LogP contribution is 2.21. The Kier molecular flexibility index (Phi) is 3.83. The first-order chi connectivity index (χ1) is 7.56. The summed E-state index contributed by atoms with van der Waals surface area (Å²) in [6, 6.07) is 6.40. The second-order valence-electron chi connectivity index (χ2n) is 3.18. The molecule has 0 saturated heterocycles. The van der Waals surface area contributed by atoms with Gasteiger partial charge in [-0.2, -0.15) is 0 Å². The number of carbonyl (C=O) groups excluding carboxylic acids is 1. The van der Waals surface area contributed by atoms with E-state index < -0.39 is 18.0 Å². The number of aromatic carboxylic acids is 1. The molecule has 4 heteroatoms. The first kappa shape index (κ1) is 12.0. The number of carbonyl (C=O) groups is 2. The molecule has 4 nitrogen and oxygen atoms in total. The maximum Gasteiger partial charge on any atom is 0.336 e. The molecule has 0 aliphatic heterocycles. The SMILES string of the molecule is C=CC(=O)OC(C)c1ccccc1C(=O)O. The molecule has 0 aliphatic rings. The van der Waals surface area contributed by atoms with E-state index >= 15 is 0 Å². The predicted molar refractivity (Wildman–Crippen MR) is 58.1 cm³/mol. The topological polar surface area (TPSA) is 63.6 Å². The Morgan fingerprint density at radius 3 is 2.62 bits per heavy atom. The van der Waals surface area contributed by atoms with Crippen molar-refractivity contribution in [3.8, 4) is 0 Å². The summed E-state index contributed by atoms with van der Waals surface area (Å²) in [7, 11) is 0. The van der Waals surface area contributed by atoms with E-state index in [1.807, 2.05) is 0 Å². The van der Waals surface area contributed by atoms with Crippen molar-refractivity contribution in [3.63, 3.8) is 0 Å². The molecular formula is C12H12O4. The molecule has 1 aromatic rings. The lowest BCUT2D eigenvalue weighted by Gasteiger charge is -2.14. The Balaban J connectivity index is 2.98. The van der Waals surface area contributed by atoms with Crippen LogP contribution in [0, 0.1) is 0 Å². The van der Waals surface area contributed by atoms with E-state index in [9.17, 15) is 9.59 Å². The molecule has 0 radical (unpaired) electrons. The van der Waals surface area contributed by atoms with Crippen LogP contribution in [0.2, 0.25) is 0 Å². The van der Waals surface area contributed by atoms with E-state index in [1.54, 1.807) is 25.1 Å². The summed E-state index contributed by atoms with van der Waals surface area (Å²) in [5, 5.41) is 8.95. The van der Waals surface area contributed by atoms with Gasteiger partial charge in [0.15, 0.2) is 0 Å². The van der Waals surface area contributed by atoms with Gasteiger partial charge in [0.2, 0.25) is 0 Å². The Hall–Kier alpha value is -2.10. The smallest absolute Gasteiger partial charge is 0.336 e. The van der Waals surface area contributed by atoms with Crippen LogP contribution in [0.3, 0.4) is 0 Å². The summed E-state index contributed by atoms with van der Waals surface area (Å²) in [5.74, 6) is -1.62. The lowest BCUT2D eigenvalue weighted by atomic mass is 10.0. The van der Waals surface area contributed by atoms with Crippen molar-refractivity contribution in [1.82, 2.24) is 0 Å². The van der Waals surface area contributed by atoms with Crippen molar-refractivity contribution in [3.05, 3.63) is 48.0 Å². The second-order valence-corrected chi connectivity index (χ2v) is 3.18. The summed E-state index contributed by atoms with van der Waals surface area (Å²) in [4.78, 5) is 21.9. The fraction of sp³-hybridized carbons (Fsp3) is 0.167. The number of esters is 1. The Morgan fingerprint density at radius 1 is 1.44 bits per heavy atom. The van der Waals surface area contributed by atoms with Crippen molar-refractivity contribution in [2.45, 2.75) is 13.0 Å². The van der Waals surface area contributed by atoms with E-state index in [2.05, 4.69) is 6.58 Å². The van der Waals surface area contributed by atoms with Gasteiger partial charge in [-0.25, -0.2) is 9.59 Å². The maximum atomic E-state index is 11.0. The van der Waals surface area contributed by atoms with Crippen LogP contribution in [-0.4, -0.2) is 17.0 Å². The van der Waals surface area contributed by atoms with Crippen LogP contribution in [0.4, 0.5) is 0 Å². The highest BCUT2D eigenvalue weighted by molar-refractivity contribution is 5.89. The van der Waals surface area contributed by atoms with Gasteiger partial charge in [-0.3, -0.25) is 0 Å². The van der Waals surface area contributed by atoms with Gasteiger partial charge in [0.05, 0.1) is 5.56 Å². The van der Waals surface area contributed by atoms with Gasteiger partial charge in [0, 0.05) is 11.6 Å². The van der Waals surface area contributed by atoms with Gasteiger partial charge >= 0.3 is 11.9 Å². The molecule has 84 valence electrons. The molecule has 1 atom stereocenters. The third-order valence-electron chi connectivity index (χ3n) is 2.09. The molecule has 0 aliphatic carbocycles. The van der Waals surface area contributed by atoms with Crippen LogP contribution in [-0.2, 0) is 9.53 Å². The zero-order chi connectivity index (χ0) is 12.1. The molecule has 0 saturated carbocycles. The molecule has 0 amide bonds. The number of hydrogen-bond donors (Lipinski definition) is 1. The maximum absolute atomic E-state index is 11.0. The van der Waals surface area contributed by atoms with Crippen LogP contribution in [0.15, 0.2) is 36.9 Å². The summed E-state index contributed by atoms with van der Waals surface area (Å²) < 4.78 is 4.96. The molecule has 0 aromatic heterocycles. The molecule has 0 bridgehead atoms. The van der Waals surface area contributed by atoms with Crippen LogP contribution < -0.4 is 0 Å². The Morgan fingerprint density at radius 2 is 2.06 bits per heavy atom. The van der Waals surface area contributed by atoms with Gasteiger partial charge in [-0.05, 0) is 13.0 Å². The molecule has 1 N–H and O–H groups in total. The van der Waals surface area contributed by atoms with Crippen molar-refractivity contribution < 1.29 is 19.4 Å². The third kappa shape index (κ3) is 2.70. The minimum Gasteiger partial charge on any atom is -0.478 e. The average molecular weight is 220 g/mol. The summed E-state index contributed by atoms with van der Waals surface area (Å²) >= 11 is 0. The largest absolute Gasteiger partial charge is 0.478 e. The van der Waals surface area contributed by atoms with Crippen LogP contribution in [0.1, 0.15) is 28.9 Å². The number of rotatable bonds is 4. The van der Waals surface area contributed by atoms with Crippen molar-refractivity contribution in [2.75, 3.05) is 0 Å². The fourth-order valence-corrected chi connectivity index (χ4v) is 1.33. The molecule has 1 rings (SSSR count). The molecule has 0 fully saturated rings. The second kappa shape index (κ2) is 5.11. The number of carboxylic acids is 1. The lowest BCUT2D eigenvalue weighted by Crippen LogP contribution is -2.10. The number of ether oxygens (including phenoxy) is 1. The molecule has 1 unspecified atom stereocenters. The van der Waals surface area contributed by atoms with E-state index in [4.69, 9.17) is 9.84 Å². The summed E-state index contributed by atoms with van der Waals surface area (Å²) in [6.45, 7) is 4.89. The molecule has 16 heavy (non-hydrogen) atoms. The highest BCUT2D eigenvalue weighted by atomic mass is 16.5. The van der Waals surface area contributed by atoms with E-state index in [-0.39, 0.29) is 5.56 Å². The predicted octanol–water partition coefficient (Wildman–Crippen LogP) is 2.17. The molecule has 0 heterocycles. The summed E-state index contributed by atoms with van der Waals surface area (Å²) in [5.41, 5.74) is 0.595. The van der Waals surface area contributed by atoms with Gasteiger partial charge < -0.3 is 9.84 Å². The van der Waals surface area contributed by atoms with Gasteiger partial charge in [-0.15, -0.1) is 0 Å². The number of benzene rings is 1. The van der Waals surface area contributed by atoms with Crippen LogP contribution in [0.25, 0.3) is 0 Å². The van der Waals surface area contributed by atoms with Gasteiger partial charge in [0.1, 0.15) is 6.10 Å². The first-order valence-corrected chi connectivity index (χ1v) is 4.71. The number of hydrogen-bond acceptors (Lipinski definition) is 3. The lowest BCUT2D eigenvalue weighted by molar-refractivity contribution is -0.142. The average Bonchev–Trinajstić information content (AvgIpc) is 2.28. The van der Waals surface area contributed by atoms with E-state index in [0.29, 0.717) is 5.56 Å². The quantitative estimate of drug-likeness (QED) is 0.624. The minimum absolute atomic E-state index is 0.131. The van der Waals surface area contributed by atoms with Gasteiger partial charge in [-0.1, -0.05) is 24.8 Å². The van der Waals surface area contributed by atoms with Crippen molar-refractivity contribution in [2.24, 2.45) is 0 Å². The van der Waals surface area contributed by atoms with Crippen LogP contribution >= 0.6 is 0 Å². The van der Waals surface area contributed by atoms with E-state index in [0.717, 1.165) is 6.08 Å². The first-order valence-electron chi connectivity index (χ1n) is 4.71. The summed E-state index contributed by atoms with van der Waals surface area (Å²) in [6.07, 6.45) is 0.428. The van der Waals surface area contributed by atoms with Gasteiger partial charge in [0.25, 0.3) is 0 Å². The van der Waals surface area contributed by atoms with Crippen LogP contribution in [0.5, 0.6) is 0 Å². The molecule has 1 aromatic carbocycles. The zero-order valence-electron chi connectivity index (χ0n) is 8.84. The Bertz CT molecular complexity index is 423. The third-order valence-corrected chi connectivity index (χ3v) is 2.09. The number of carboxylic acid groups (broad SMARTS) is 1.